The summed E-state index contributed by atoms with van der Waals surface area (Å²) in [6.07, 6.45) is -0.129. The van der Waals surface area contributed by atoms with Gasteiger partial charge in [0.05, 0.1) is 0 Å². The number of rotatable bonds is 3. The molecular weight excluding hydrogens is 304 g/mol. The molecule has 5 N–H and O–H groups in total. The van der Waals surface area contributed by atoms with Crippen LogP contribution in [0.2, 0.25) is 0 Å². The Morgan fingerprint density at radius 1 is 1.27 bits per heavy atom. The predicted octanol–water partition coefficient (Wildman–Crippen LogP) is 0.547. The third kappa shape index (κ3) is 3.03. The first-order chi connectivity index (χ1) is 10.1. The second kappa shape index (κ2) is 5.88. The molecule has 1 aromatic carbocycles. The Labute approximate surface area is 131 Å². The second-order valence-corrected chi connectivity index (χ2v) is 7.52. The Bertz CT molecular complexity index is 642. The van der Waals surface area contributed by atoms with E-state index < -0.39 is 21.2 Å². The van der Waals surface area contributed by atoms with Crippen LogP contribution in [-0.4, -0.2) is 32.0 Å². The highest BCUT2D eigenvalue weighted by Gasteiger charge is 2.47. The van der Waals surface area contributed by atoms with Crippen molar-refractivity contribution in [1.82, 2.24) is 5.32 Å². The lowest BCUT2D eigenvalue weighted by molar-refractivity contribution is -1.13. The summed E-state index contributed by atoms with van der Waals surface area (Å²) in [6.45, 7) is 7.90. The summed E-state index contributed by atoms with van der Waals surface area (Å²) in [4.78, 5) is 0.158. The molecule has 3 unspecified atom stereocenters. The van der Waals surface area contributed by atoms with Crippen LogP contribution in [0.25, 0.3) is 0 Å². The average Bonchev–Trinajstić information content (AvgIpc) is 2.34. The Balaban J connectivity index is 2.44. The van der Waals surface area contributed by atoms with Crippen molar-refractivity contribution in [3.63, 3.8) is 0 Å². The van der Waals surface area contributed by atoms with Crippen LogP contribution in [0.4, 0.5) is 0 Å². The highest BCUT2D eigenvalue weighted by molar-refractivity contribution is 7.86. The lowest BCUT2D eigenvalue weighted by Crippen LogP contribution is -2.76. The lowest BCUT2D eigenvalue weighted by atomic mass is 10.1. The molecule has 22 heavy (non-hydrogen) atoms. The van der Waals surface area contributed by atoms with Gasteiger partial charge in [0, 0.05) is 13.0 Å². The summed E-state index contributed by atoms with van der Waals surface area (Å²) < 4.78 is 30.2. The Hall–Kier alpha value is -1.03. The molecule has 124 valence electrons. The lowest BCUT2D eigenvalue weighted by Gasteiger charge is -2.41. The fourth-order valence-corrected chi connectivity index (χ4v) is 4.51. The van der Waals surface area contributed by atoms with Crippen molar-refractivity contribution in [2.24, 2.45) is 11.6 Å². The topological polar surface area (TPSA) is 107 Å². The average molecular weight is 329 g/mol. The van der Waals surface area contributed by atoms with E-state index in [0.717, 1.165) is 5.56 Å². The van der Waals surface area contributed by atoms with Crippen LogP contribution >= 0.6 is 0 Å². The maximum Gasteiger partial charge on any atom is 0.345 e. The zero-order valence-electron chi connectivity index (χ0n) is 13.5. The van der Waals surface area contributed by atoms with Gasteiger partial charge in [-0.05, 0) is 43.1 Å². The van der Waals surface area contributed by atoms with Crippen LogP contribution < -0.4 is 16.9 Å². The smallest absolute Gasteiger partial charge is 0.264 e. The van der Waals surface area contributed by atoms with Crippen molar-refractivity contribution in [2.45, 2.75) is 51.3 Å². The van der Waals surface area contributed by atoms with E-state index in [-0.39, 0.29) is 10.9 Å². The Morgan fingerprint density at radius 3 is 2.32 bits per heavy atom. The number of hydrogen-bond donors (Lipinski definition) is 3. The molecule has 1 aliphatic heterocycles. The molecule has 0 amide bonds. The standard InChI is InChI=1S/C14H25N4O3S/c1-9-7-10(2)13(11(3)8-9)22(19,20)21-18(16)12(4)5-6-17-14(18)15/h7-8,12,14,17H,5-6,15-16H2,1-4H3/q+1. The van der Waals surface area contributed by atoms with Gasteiger partial charge >= 0.3 is 10.1 Å². The first-order valence-electron chi connectivity index (χ1n) is 7.28. The van der Waals surface area contributed by atoms with E-state index >= 15 is 0 Å². The van der Waals surface area contributed by atoms with Crippen LogP contribution in [0.15, 0.2) is 17.0 Å². The number of hydroxylamine groups is 2. The van der Waals surface area contributed by atoms with Gasteiger partial charge in [0.2, 0.25) is 6.29 Å². The summed E-state index contributed by atoms with van der Waals surface area (Å²) in [5.41, 5.74) is 8.20. The normalized spacial score (nSPS) is 29.5. The van der Waals surface area contributed by atoms with Crippen molar-refractivity contribution < 1.29 is 17.5 Å². The van der Waals surface area contributed by atoms with Gasteiger partial charge in [-0.2, -0.15) is 8.42 Å². The number of hydrogen-bond acceptors (Lipinski definition) is 6. The molecule has 1 heterocycles. The number of nitrogens with two attached hydrogens (primary N) is 2. The predicted molar refractivity (Wildman–Crippen MR) is 83.4 cm³/mol. The number of benzene rings is 1. The van der Waals surface area contributed by atoms with E-state index in [2.05, 4.69) is 5.32 Å². The molecule has 0 radical (unpaired) electrons. The molecule has 0 aliphatic carbocycles. The fourth-order valence-electron chi connectivity index (χ4n) is 2.95. The SMILES string of the molecule is Cc1cc(C)c(S(=O)(=O)O[N+]2(N)C(C)CCNC2N)c(C)c1. The molecule has 2 rings (SSSR count). The van der Waals surface area contributed by atoms with Gasteiger partial charge in [0.15, 0.2) is 0 Å². The fraction of sp³-hybridized carbons (Fsp3) is 0.571. The molecular formula is C14H25N4O3S+. The van der Waals surface area contributed by atoms with Crippen LogP contribution in [0, 0.1) is 20.8 Å². The summed E-state index contributed by atoms with van der Waals surface area (Å²) in [6, 6.07) is 3.38. The molecule has 0 bridgehead atoms. The quantitative estimate of drug-likeness (QED) is 0.552. The maximum atomic E-state index is 12.7. The minimum Gasteiger partial charge on any atom is -0.264 e. The third-order valence-electron chi connectivity index (χ3n) is 4.12. The minimum atomic E-state index is -4.04. The number of nitrogens with one attached hydrogen (secondary N) is 1. The van der Waals surface area contributed by atoms with Crippen molar-refractivity contribution in [1.29, 1.82) is 0 Å². The first-order valence-corrected chi connectivity index (χ1v) is 8.69. The van der Waals surface area contributed by atoms with Gasteiger partial charge in [-0.1, -0.05) is 22.5 Å². The monoisotopic (exact) mass is 329 g/mol. The van der Waals surface area contributed by atoms with E-state index in [9.17, 15) is 8.42 Å². The molecule has 0 aromatic heterocycles. The number of aryl methyl sites for hydroxylation is 3. The number of quaternary nitrogens is 1. The third-order valence-corrected chi connectivity index (χ3v) is 5.72. The molecule has 1 aromatic rings. The van der Waals surface area contributed by atoms with E-state index in [0.29, 0.717) is 24.1 Å². The van der Waals surface area contributed by atoms with Crippen molar-refractivity contribution in [3.8, 4) is 0 Å². The number of nitrogens with zero attached hydrogens (tertiary/aromatic N) is 1. The van der Waals surface area contributed by atoms with Crippen LogP contribution in [0.3, 0.4) is 0 Å². The zero-order valence-corrected chi connectivity index (χ0v) is 14.3. The minimum absolute atomic E-state index is 0.158. The second-order valence-electron chi connectivity index (χ2n) is 6.06. The zero-order chi connectivity index (χ0) is 16.7. The van der Waals surface area contributed by atoms with Crippen molar-refractivity contribution in [2.75, 3.05) is 6.54 Å². The van der Waals surface area contributed by atoms with E-state index in [1.807, 2.05) is 26.0 Å². The molecule has 8 heteroatoms. The first kappa shape index (κ1) is 17.3. The van der Waals surface area contributed by atoms with Gasteiger partial charge in [-0.3, -0.25) is 5.73 Å². The Morgan fingerprint density at radius 2 is 1.82 bits per heavy atom. The molecule has 0 saturated carbocycles. The Kier molecular flexibility index (Phi) is 4.63. The van der Waals surface area contributed by atoms with Crippen molar-refractivity contribution in [3.05, 3.63) is 28.8 Å². The van der Waals surface area contributed by atoms with Crippen molar-refractivity contribution >= 4 is 10.1 Å². The highest BCUT2D eigenvalue weighted by atomic mass is 32.2. The van der Waals surface area contributed by atoms with E-state index in [1.54, 1.807) is 13.8 Å². The summed E-state index contributed by atoms with van der Waals surface area (Å²) in [5.74, 6) is 6.15. The highest BCUT2D eigenvalue weighted by Crippen LogP contribution is 2.28. The molecule has 0 spiro atoms. The van der Waals surface area contributed by atoms with E-state index in [4.69, 9.17) is 15.9 Å². The molecule has 1 aliphatic rings. The molecule has 7 nitrogen and oxygen atoms in total. The maximum absolute atomic E-state index is 12.7. The summed E-state index contributed by atoms with van der Waals surface area (Å²) >= 11 is 0. The summed E-state index contributed by atoms with van der Waals surface area (Å²) in [7, 11) is -4.04. The van der Waals surface area contributed by atoms with Crippen LogP contribution in [0.5, 0.6) is 0 Å². The molecule has 3 atom stereocenters. The van der Waals surface area contributed by atoms with Gasteiger partial charge in [-0.25, -0.2) is 5.32 Å². The van der Waals surface area contributed by atoms with Gasteiger partial charge in [-0.15, -0.1) is 5.84 Å². The van der Waals surface area contributed by atoms with E-state index in [1.165, 1.54) is 0 Å². The molecule has 1 saturated heterocycles. The largest absolute Gasteiger partial charge is 0.345 e. The van der Waals surface area contributed by atoms with Gasteiger partial charge in [0.25, 0.3) is 0 Å². The van der Waals surface area contributed by atoms with Gasteiger partial charge in [0.1, 0.15) is 10.9 Å². The molecule has 1 fully saturated rings. The van der Waals surface area contributed by atoms with Crippen LogP contribution in [-0.2, 0) is 14.4 Å². The van der Waals surface area contributed by atoms with Crippen LogP contribution in [0.1, 0.15) is 30.0 Å². The van der Waals surface area contributed by atoms with Gasteiger partial charge < -0.3 is 0 Å². The summed E-state index contributed by atoms with van der Waals surface area (Å²) in [5, 5.41) is 2.95.